The Bertz CT molecular complexity index is 442. The van der Waals surface area contributed by atoms with Crippen molar-refractivity contribution in [3.63, 3.8) is 0 Å². The van der Waals surface area contributed by atoms with Crippen LogP contribution in [0.1, 0.15) is 0 Å². The van der Waals surface area contributed by atoms with Crippen LogP contribution in [0.25, 0.3) is 0 Å². The second kappa shape index (κ2) is 10.7. The first-order valence-electron chi connectivity index (χ1n) is 7.71. The third kappa shape index (κ3) is 6.93. The maximum absolute atomic E-state index is 10.1. The first-order chi connectivity index (χ1) is 10.7. The van der Waals surface area contributed by atoms with Crippen LogP contribution in [0, 0.1) is 0 Å². The summed E-state index contributed by atoms with van der Waals surface area (Å²) in [5.74, 6) is 1.44. The van der Waals surface area contributed by atoms with E-state index in [1.807, 2.05) is 18.2 Å². The van der Waals surface area contributed by atoms with E-state index in [1.54, 1.807) is 13.2 Å². The number of halogens is 1. The van der Waals surface area contributed by atoms with Gasteiger partial charge in [-0.1, -0.05) is 6.07 Å². The van der Waals surface area contributed by atoms with Gasteiger partial charge >= 0.3 is 0 Å². The fourth-order valence-electron chi connectivity index (χ4n) is 2.57. The van der Waals surface area contributed by atoms with E-state index in [9.17, 15) is 5.11 Å². The maximum atomic E-state index is 10.1. The fourth-order valence-corrected chi connectivity index (χ4v) is 2.57. The molecule has 1 atom stereocenters. The predicted octanol–water partition coefficient (Wildman–Crippen LogP) is -2.95. The van der Waals surface area contributed by atoms with Gasteiger partial charge in [-0.25, -0.2) is 0 Å². The van der Waals surface area contributed by atoms with Crippen molar-refractivity contribution in [2.45, 2.75) is 6.10 Å². The second-order valence-corrected chi connectivity index (χ2v) is 5.51. The van der Waals surface area contributed by atoms with Gasteiger partial charge in [-0.15, -0.1) is 0 Å². The van der Waals surface area contributed by atoms with E-state index in [4.69, 9.17) is 14.6 Å². The Hall–Kier alpha value is -1.05. The molecule has 6 nitrogen and oxygen atoms in total. The topological polar surface area (TPSA) is 65.4 Å². The molecule has 1 unspecified atom stereocenters. The first kappa shape index (κ1) is 20.0. The Morgan fingerprint density at radius 2 is 1.78 bits per heavy atom. The molecule has 23 heavy (non-hydrogen) atoms. The van der Waals surface area contributed by atoms with Crippen LogP contribution in [-0.4, -0.2) is 85.7 Å². The predicted molar refractivity (Wildman–Crippen MR) is 84.5 cm³/mol. The molecule has 0 spiro atoms. The molecule has 0 bridgehead atoms. The molecule has 0 saturated carbocycles. The van der Waals surface area contributed by atoms with Gasteiger partial charge in [0, 0.05) is 45.3 Å². The molecule has 132 valence electrons. The van der Waals surface area contributed by atoms with Crippen molar-refractivity contribution in [3.8, 4) is 11.5 Å². The van der Waals surface area contributed by atoms with Gasteiger partial charge in [0.1, 0.15) is 24.2 Å². The van der Waals surface area contributed by atoms with Gasteiger partial charge < -0.3 is 32.1 Å². The molecule has 0 radical (unpaired) electrons. The number of β-amino-alcohol motifs (C(OH)–C–C–N with tert-alkyl or cyclic N) is 2. The highest BCUT2D eigenvalue weighted by molar-refractivity contribution is 5.32. The largest absolute Gasteiger partial charge is 1.00 e. The van der Waals surface area contributed by atoms with E-state index in [0.29, 0.717) is 12.3 Å². The lowest BCUT2D eigenvalue weighted by Gasteiger charge is -2.35. The molecule has 7 heteroatoms. The highest BCUT2D eigenvalue weighted by Crippen LogP contribution is 2.19. The number of hydrogen-bond acceptors (Lipinski definition) is 6. The van der Waals surface area contributed by atoms with Crippen LogP contribution in [0.5, 0.6) is 11.5 Å². The molecule has 2 N–H and O–H groups in total. The van der Waals surface area contributed by atoms with E-state index < -0.39 is 6.10 Å². The highest BCUT2D eigenvalue weighted by atomic mass is 35.5. The summed E-state index contributed by atoms with van der Waals surface area (Å²) in [6.45, 7) is 5.51. The number of aliphatic hydroxyl groups is 2. The lowest BCUT2D eigenvalue weighted by Crippen LogP contribution is -3.00. The molecule has 1 saturated heterocycles. The standard InChI is InChI=1S/C16H26N2O4.ClH/c1-21-15-3-2-4-16(11-15)22-13-14(20)12-18-7-5-17(6-8-18)9-10-19;/h2-4,11,14,19-20H,5-10,12-13H2,1H3;1H/p-1. The molecule has 0 amide bonds. The van der Waals surface area contributed by atoms with Gasteiger partial charge in [0.25, 0.3) is 0 Å². The molecular weight excluding hydrogens is 320 g/mol. The summed E-state index contributed by atoms with van der Waals surface area (Å²) in [7, 11) is 1.62. The van der Waals surface area contributed by atoms with Crippen molar-refractivity contribution >= 4 is 0 Å². The third-order valence-electron chi connectivity index (χ3n) is 3.83. The molecule has 1 heterocycles. The normalized spacial score (nSPS) is 17.3. The van der Waals surface area contributed by atoms with Crippen LogP contribution >= 0.6 is 0 Å². The number of rotatable bonds is 8. The molecular formula is C16H26ClN2O4-. The zero-order chi connectivity index (χ0) is 15.8. The van der Waals surface area contributed by atoms with Crippen molar-refractivity contribution in [2.75, 3.05) is 59.6 Å². The molecule has 1 aromatic carbocycles. The summed E-state index contributed by atoms with van der Waals surface area (Å²) in [6, 6.07) is 7.37. The number of piperazine rings is 1. The average molecular weight is 346 g/mol. The quantitative estimate of drug-likeness (QED) is 0.525. The van der Waals surface area contributed by atoms with E-state index >= 15 is 0 Å². The fraction of sp³-hybridized carbons (Fsp3) is 0.625. The summed E-state index contributed by atoms with van der Waals surface area (Å²) in [5.41, 5.74) is 0. The van der Waals surface area contributed by atoms with E-state index in [1.165, 1.54) is 0 Å². The number of aliphatic hydroxyl groups excluding tert-OH is 2. The van der Waals surface area contributed by atoms with Crippen LogP contribution in [0.15, 0.2) is 24.3 Å². The highest BCUT2D eigenvalue weighted by Gasteiger charge is 2.19. The molecule has 1 fully saturated rings. The summed E-state index contributed by atoms with van der Waals surface area (Å²) >= 11 is 0. The van der Waals surface area contributed by atoms with Gasteiger partial charge in [-0.3, -0.25) is 9.80 Å². The summed E-state index contributed by atoms with van der Waals surface area (Å²) in [5, 5.41) is 19.0. The number of nitrogens with zero attached hydrogens (tertiary/aromatic N) is 2. The van der Waals surface area contributed by atoms with Crippen LogP contribution in [0.4, 0.5) is 0 Å². The SMILES string of the molecule is COc1cccc(OCC(O)CN2CCN(CCO)CC2)c1.[Cl-]. The summed E-state index contributed by atoms with van der Waals surface area (Å²) in [4.78, 5) is 4.46. The number of ether oxygens (including phenoxy) is 2. The molecule has 1 aliphatic heterocycles. The second-order valence-electron chi connectivity index (χ2n) is 5.51. The third-order valence-corrected chi connectivity index (χ3v) is 3.83. The Morgan fingerprint density at radius 1 is 1.13 bits per heavy atom. The minimum atomic E-state index is -0.518. The van der Waals surface area contributed by atoms with Crippen molar-refractivity contribution in [2.24, 2.45) is 0 Å². The van der Waals surface area contributed by atoms with E-state index in [2.05, 4.69) is 9.80 Å². The van der Waals surface area contributed by atoms with Gasteiger partial charge in [0.15, 0.2) is 0 Å². The Balaban J connectivity index is 0.00000264. The van der Waals surface area contributed by atoms with Gasteiger partial charge in [0.2, 0.25) is 0 Å². The number of hydrogen-bond donors (Lipinski definition) is 2. The molecule has 0 aliphatic carbocycles. The zero-order valence-electron chi connectivity index (χ0n) is 13.5. The average Bonchev–Trinajstić information content (AvgIpc) is 2.55. The van der Waals surface area contributed by atoms with Gasteiger partial charge in [-0.05, 0) is 12.1 Å². The summed E-state index contributed by atoms with van der Waals surface area (Å²) in [6.07, 6.45) is -0.518. The maximum Gasteiger partial charge on any atom is 0.123 e. The monoisotopic (exact) mass is 345 g/mol. The minimum Gasteiger partial charge on any atom is -1.00 e. The summed E-state index contributed by atoms with van der Waals surface area (Å²) < 4.78 is 10.8. The van der Waals surface area contributed by atoms with Crippen LogP contribution < -0.4 is 21.9 Å². The molecule has 0 aromatic heterocycles. The van der Waals surface area contributed by atoms with E-state index in [-0.39, 0.29) is 25.6 Å². The van der Waals surface area contributed by atoms with E-state index in [0.717, 1.165) is 38.5 Å². The minimum absolute atomic E-state index is 0. The number of benzene rings is 1. The van der Waals surface area contributed by atoms with Crippen molar-refractivity contribution in [1.29, 1.82) is 0 Å². The Kier molecular flexibility index (Phi) is 9.28. The smallest absolute Gasteiger partial charge is 0.123 e. The van der Waals surface area contributed by atoms with Crippen molar-refractivity contribution in [1.82, 2.24) is 9.80 Å². The van der Waals surface area contributed by atoms with Crippen LogP contribution in [0.2, 0.25) is 0 Å². The lowest BCUT2D eigenvalue weighted by atomic mass is 10.2. The van der Waals surface area contributed by atoms with Crippen molar-refractivity contribution < 1.29 is 32.1 Å². The van der Waals surface area contributed by atoms with Gasteiger partial charge in [-0.2, -0.15) is 0 Å². The molecule has 1 aliphatic rings. The van der Waals surface area contributed by atoms with Crippen molar-refractivity contribution in [3.05, 3.63) is 24.3 Å². The Morgan fingerprint density at radius 3 is 2.43 bits per heavy atom. The molecule has 1 aromatic rings. The van der Waals surface area contributed by atoms with Gasteiger partial charge in [0.05, 0.1) is 13.7 Å². The Labute approximate surface area is 144 Å². The molecule has 2 rings (SSSR count). The lowest BCUT2D eigenvalue weighted by molar-refractivity contribution is -0.00000819. The zero-order valence-corrected chi connectivity index (χ0v) is 14.3. The van der Waals surface area contributed by atoms with Crippen LogP contribution in [-0.2, 0) is 0 Å². The first-order valence-corrected chi connectivity index (χ1v) is 7.71. The number of methoxy groups -OCH3 is 1. The van der Waals surface area contributed by atoms with Crippen LogP contribution in [0.3, 0.4) is 0 Å².